The van der Waals surface area contributed by atoms with Crippen LogP contribution in [0.15, 0.2) is 48.5 Å². The van der Waals surface area contributed by atoms with Crippen LogP contribution in [0.25, 0.3) is 5.69 Å². The molecular formula is C22H27N5O. The first-order chi connectivity index (χ1) is 13.6. The highest BCUT2D eigenvalue weighted by Crippen LogP contribution is 2.43. The lowest BCUT2D eigenvalue weighted by molar-refractivity contribution is 0.215. The zero-order valence-electron chi connectivity index (χ0n) is 16.7. The van der Waals surface area contributed by atoms with Crippen molar-refractivity contribution in [3.63, 3.8) is 0 Å². The molecule has 1 saturated carbocycles. The molecule has 1 aromatic heterocycles. The number of anilines is 1. The molecular weight excluding hydrogens is 350 g/mol. The minimum atomic E-state index is -0.309. The van der Waals surface area contributed by atoms with Crippen LogP contribution in [-0.2, 0) is 5.54 Å². The van der Waals surface area contributed by atoms with E-state index in [9.17, 15) is 0 Å². The molecule has 0 aliphatic heterocycles. The van der Waals surface area contributed by atoms with E-state index in [4.69, 9.17) is 4.74 Å². The number of nitrogens with zero attached hydrogens (tertiary/aromatic N) is 4. The average Bonchev–Trinajstić information content (AvgIpc) is 3.22. The summed E-state index contributed by atoms with van der Waals surface area (Å²) in [5.41, 5.74) is 2.98. The number of methoxy groups -OCH3 is 1. The first-order valence-corrected chi connectivity index (χ1v) is 9.90. The number of hydrogen-bond acceptors (Lipinski definition) is 5. The van der Waals surface area contributed by atoms with E-state index >= 15 is 0 Å². The van der Waals surface area contributed by atoms with Crippen LogP contribution in [0.5, 0.6) is 5.75 Å². The first-order valence-electron chi connectivity index (χ1n) is 9.90. The number of aryl methyl sites for hydroxylation is 1. The van der Waals surface area contributed by atoms with Crippen LogP contribution in [0, 0.1) is 12.8 Å². The van der Waals surface area contributed by atoms with Gasteiger partial charge in [-0.2, -0.15) is 4.68 Å². The van der Waals surface area contributed by atoms with Crippen LogP contribution in [0.1, 0.15) is 44.0 Å². The number of benzene rings is 2. The normalized spacial score (nSPS) is 22.0. The average molecular weight is 377 g/mol. The Morgan fingerprint density at radius 3 is 2.50 bits per heavy atom. The molecule has 4 rings (SSSR count). The van der Waals surface area contributed by atoms with Crippen LogP contribution in [-0.4, -0.2) is 27.3 Å². The summed E-state index contributed by atoms with van der Waals surface area (Å²) < 4.78 is 7.15. The van der Waals surface area contributed by atoms with Crippen molar-refractivity contribution >= 4 is 5.69 Å². The standard InChI is InChI=1S/C22H27N5O/c1-16-7-9-18(10-8-16)23-22(15-5-4-6-17(22)2)21-24-25-26-27(21)19-11-13-20(28-3)14-12-19/h7-14,17,23H,4-6,15H2,1-3H3. The molecule has 1 fully saturated rings. The van der Waals surface area contributed by atoms with Gasteiger partial charge in [0.1, 0.15) is 11.3 Å². The van der Waals surface area contributed by atoms with Crippen molar-refractivity contribution in [1.82, 2.24) is 20.2 Å². The van der Waals surface area contributed by atoms with Crippen molar-refractivity contribution in [1.29, 1.82) is 0 Å². The summed E-state index contributed by atoms with van der Waals surface area (Å²) in [6.07, 6.45) is 4.54. The van der Waals surface area contributed by atoms with Crippen molar-refractivity contribution in [2.24, 2.45) is 5.92 Å². The van der Waals surface area contributed by atoms with Crippen LogP contribution in [0.2, 0.25) is 0 Å². The summed E-state index contributed by atoms with van der Waals surface area (Å²) in [6.45, 7) is 4.40. The van der Waals surface area contributed by atoms with Gasteiger partial charge in [-0.05, 0) is 72.5 Å². The number of nitrogens with one attached hydrogen (secondary N) is 1. The Morgan fingerprint density at radius 1 is 1.07 bits per heavy atom. The van der Waals surface area contributed by atoms with Crippen LogP contribution >= 0.6 is 0 Å². The van der Waals surface area contributed by atoms with Gasteiger partial charge in [-0.1, -0.05) is 37.5 Å². The highest BCUT2D eigenvalue weighted by Gasteiger charge is 2.44. The van der Waals surface area contributed by atoms with Crippen LogP contribution < -0.4 is 10.1 Å². The molecule has 1 aliphatic rings. The van der Waals surface area contributed by atoms with Gasteiger partial charge in [0.15, 0.2) is 5.82 Å². The lowest BCUT2D eigenvalue weighted by Gasteiger charge is -2.42. The lowest BCUT2D eigenvalue weighted by atomic mass is 9.72. The topological polar surface area (TPSA) is 64.9 Å². The Labute approximate surface area is 165 Å². The Balaban J connectivity index is 1.77. The van der Waals surface area contributed by atoms with Gasteiger partial charge in [0.05, 0.1) is 12.8 Å². The van der Waals surface area contributed by atoms with Gasteiger partial charge >= 0.3 is 0 Å². The number of tetrazole rings is 1. The molecule has 2 aromatic carbocycles. The molecule has 1 N–H and O–H groups in total. The Morgan fingerprint density at radius 2 is 1.82 bits per heavy atom. The van der Waals surface area contributed by atoms with E-state index in [-0.39, 0.29) is 5.54 Å². The second-order valence-corrected chi connectivity index (χ2v) is 7.72. The maximum absolute atomic E-state index is 5.29. The number of ether oxygens (including phenoxy) is 1. The smallest absolute Gasteiger partial charge is 0.182 e. The minimum absolute atomic E-state index is 0.309. The van der Waals surface area contributed by atoms with E-state index in [0.29, 0.717) is 5.92 Å². The summed E-state index contributed by atoms with van der Waals surface area (Å²) in [4.78, 5) is 0. The summed E-state index contributed by atoms with van der Waals surface area (Å²) in [6, 6.07) is 16.4. The molecule has 6 nitrogen and oxygen atoms in total. The second kappa shape index (κ2) is 7.62. The van der Waals surface area contributed by atoms with Gasteiger partial charge in [0, 0.05) is 5.69 Å². The van der Waals surface area contributed by atoms with Gasteiger partial charge in [0.2, 0.25) is 0 Å². The molecule has 6 heteroatoms. The largest absolute Gasteiger partial charge is 0.497 e. The fourth-order valence-corrected chi connectivity index (χ4v) is 4.18. The third-order valence-corrected chi connectivity index (χ3v) is 5.90. The first kappa shape index (κ1) is 18.5. The minimum Gasteiger partial charge on any atom is -0.497 e. The van der Waals surface area contributed by atoms with E-state index in [0.717, 1.165) is 42.2 Å². The highest BCUT2D eigenvalue weighted by molar-refractivity contribution is 5.49. The van der Waals surface area contributed by atoms with Gasteiger partial charge < -0.3 is 10.1 Å². The second-order valence-electron chi connectivity index (χ2n) is 7.72. The molecule has 0 bridgehead atoms. The third kappa shape index (κ3) is 3.35. The molecule has 0 saturated heterocycles. The van der Waals surface area contributed by atoms with E-state index in [1.165, 1.54) is 12.0 Å². The van der Waals surface area contributed by atoms with Gasteiger partial charge in [0.25, 0.3) is 0 Å². The maximum atomic E-state index is 5.29. The van der Waals surface area contributed by atoms with E-state index < -0.39 is 0 Å². The number of hydrogen-bond donors (Lipinski definition) is 1. The van der Waals surface area contributed by atoms with Gasteiger partial charge in [-0.3, -0.25) is 0 Å². The van der Waals surface area contributed by atoms with E-state index in [1.807, 2.05) is 28.9 Å². The molecule has 0 amide bonds. The molecule has 146 valence electrons. The SMILES string of the molecule is COc1ccc(-n2nnnc2C2(Nc3ccc(C)cc3)CCCCC2C)cc1. The lowest BCUT2D eigenvalue weighted by Crippen LogP contribution is -2.46. The Hall–Kier alpha value is -2.89. The van der Waals surface area contributed by atoms with Crippen molar-refractivity contribution in [3.8, 4) is 11.4 Å². The zero-order valence-corrected chi connectivity index (χ0v) is 16.7. The summed E-state index contributed by atoms with van der Waals surface area (Å²) >= 11 is 0. The summed E-state index contributed by atoms with van der Waals surface area (Å²) in [5.74, 6) is 2.09. The van der Waals surface area contributed by atoms with Gasteiger partial charge in [-0.15, -0.1) is 5.10 Å². The van der Waals surface area contributed by atoms with Crippen molar-refractivity contribution in [2.45, 2.75) is 45.1 Å². The van der Waals surface area contributed by atoms with Crippen molar-refractivity contribution in [2.75, 3.05) is 12.4 Å². The predicted molar refractivity (Wildman–Crippen MR) is 110 cm³/mol. The highest BCUT2D eigenvalue weighted by atomic mass is 16.5. The van der Waals surface area contributed by atoms with Crippen molar-refractivity contribution < 1.29 is 4.74 Å². The van der Waals surface area contributed by atoms with E-state index in [1.54, 1.807) is 7.11 Å². The van der Waals surface area contributed by atoms with Gasteiger partial charge in [-0.25, -0.2) is 0 Å². The number of aromatic nitrogens is 4. The number of rotatable bonds is 5. The fraction of sp³-hybridized carbons (Fsp3) is 0.409. The Kier molecular flexibility index (Phi) is 5.03. The summed E-state index contributed by atoms with van der Waals surface area (Å²) in [5, 5.41) is 16.7. The molecule has 3 aromatic rings. The molecule has 0 spiro atoms. The quantitative estimate of drug-likeness (QED) is 0.709. The van der Waals surface area contributed by atoms with Crippen LogP contribution in [0.4, 0.5) is 5.69 Å². The summed E-state index contributed by atoms with van der Waals surface area (Å²) in [7, 11) is 1.67. The molecule has 28 heavy (non-hydrogen) atoms. The van der Waals surface area contributed by atoms with Crippen LogP contribution in [0.3, 0.4) is 0 Å². The predicted octanol–water partition coefficient (Wildman–Crippen LogP) is 4.50. The molecule has 0 radical (unpaired) electrons. The maximum Gasteiger partial charge on any atom is 0.182 e. The third-order valence-electron chi connectivity index (χ3n) is 5.90. The molecule has 2 unspecified atom stereocenters. The molecule has 1 aliphatic carbocycles. The fourth-order valence-electron chi connectivity index (χ4n) is 4.18. The zero-order chi connectivity index (χ0) is 19.6. The van der Waals surface area contributed by atoms with E-state index in [2.05, 4.69) is 59.0 Å². The molecule has 2 atom stereocenters. The molecule has 1 heterocycles. The van der Waals surface area contributed by atoms with Crippen molar-refractivity contribution in [3.05, 3.63) is 59.9 Å². The Bertz CT molecular complexity index is 919. The monoisotopic (exact) mass is 377 g/mol.